The summed E-state index contributed by atoms with van der Waals surface area (Å²) < 4.78 is 29.5. The summed E-state index contributed by atoms with van der Waals surface area (Å²) in [5, 5.41) is 0. The Morgan fingerprint density at radius 3 is 2.24 bits per heavy atom. The third-order valence-corrected chi connectivity index (χ3v) is 7.54. The SMILES string of the molecule is CCN(C1(CN)CCC(C)CC1)S(=O)(=O)N1CCCCC1. The highest BCUT2D eigenvalue weighted by atomic mass is 32.2. The van der Waals surface area contributed by atoms with E-state index in [1.165, 1.54) is 0 Å². The van der Waals surface area contributed by atoms with Gasteiger partial charge in [-0.1, -0.05) is 20.3 Å². The number of piperidine rings is 1. The average molecular weight is 317 g/mol. The van der Waals surface area contributed by atoms with Crippen molar-refractivity contribution in [1.82, 2.24) is 8.61 Å². The molecule has 1 aliphatic carbocycles. The Bertz CT molecular complexity index is 424. The zero-order valence-electron chi connectivity index (χ0n) is 13.6. The van der Waals surface area contributed by atoms with Crippen LogP contribution in [0.25, 0.3) is 0 Å². The maximum absolute atomic E-state index is 13.1. The molecular formula is C15H31N3O2S. The monoisotopic (exact) mass is 317 g/mol. The van der Waals surface area contributed by atoms with E-state index in [9.17, 15) is 8.42 Å². The Balaban J connectivity index is 2.23. The Hall–Kier alpha value is -0.170. The van der Waals surface area contributed by atoms with Gasteiger partial charge in [-0.05, 0) is 44.4 Å². The van der Waals surface area contributed by atoms with E-state index in [2.05, 4.69) is 6.92 Å². The van der Waals surface area contributed by atoms with Crippen LogP contribution in [0.5, 0.6) is 0 Å². The van der Waals surface area contributed by atoms with Gasteiger partial charge in [0.15, 0.2) is 0 Å². The molecule has 1 saturated carbocycles. The van der Waals surface area contributed by atoms with Gasteiger partial charge in [-0.15, -0.1) is 0 Å². The first-order valence-corrected chi connectivity index (χ1v) is 9.84. The molecule has 1 saturated heterocycles. The van der Waals surface area contributed by atoms with Crippen LogP contribution in [0, 0.1) is 5.92 Å². The predicted octanol–water partition coefficient (Wildman–Crippen LogP) is 1.95. The van der Waals surface area contributed by atoms with Crippen molar-refractivity contribution >= 4 is 10.2 Å². The molecule has 0 aromatic heterocycles. The molecule has 0 unspecified atom stereocenters. The second-order valence-electron chi connectivity index (χ2n) is 6.74. The van der Waals surface area contributed by atoms with Crippen LogP contribution in [0.1, 0.15) is 58.8 Å². The van der Waals surface area contributed by atoms with E-state index < -0.39 is 10.2 Å². The molecule has 5 nitrogen and oxygen atoms in total. The highest BCUT2D eigenvalue weighted by Gasteiger charge is 2.45. The fraction of sp³-hybridized carbons (Fsp3) is 1.00. The van der Waals surface area contributed by atoms with Gasteiger partial charge in [0.1, 0.15) is 0 Å². The van der Waals surface area contributed by atoms with Crippen LogP contribution in [0.2, 0.25) is 0 Å². The number of nitrogens with two attached hydrogens (primary N) is 1. The van der Waals surface area contributed by atoms with E-state index in [4.69, 9.17) is 5.73 Å². The van der Waals surface area contributed by atoms with Gasteiger partial charge < -0.3 is 5.73 Å². The summed E-state index contributed by atoms with van der Waals surface area (Å²) in [5.41, 5.74) is 5.70. The zero-order valence-corrected chi connectivity index (χ0v) is 14.4. The number of nitrogens with zero attached hydrogens (tertiary/aromatic N) is 2. The van der Waals surface area contributed by atoms with Gasteiger partial charge in [0.25, 0.3) is 10.2 Å². The van der Waals surface area contributed by atoms with Gasteiger partial charge in [0, 0.05) is 31.7 Å². The van der Waals surface area contributed by atoms with Crippen molar-refractivity contribution in [2.45, 2.75) is 64.3 Å². The van der Waals surface area contributed by atoms with E-state index in [1.54, 1.807) is 8.61 Å². The van der Waals surface area contributed by atoms with Crippen molar-refractivity contribution in [3.63, 3.8) is 0 Å². The van der Waals surface area contributed by atoms with Gasteiger partial charge in [0.2, 0.25) is 0 Å². The molecule has 6 heteroatoms. The smallest absolute Gasteiger partial charge is 0.282 e. The van der Waals surface area contributed by atoms with Crippen LogP contribution in [-0.4, -0.2) is 48.7 Å². The Kier molecular flexibility index (Phi) is 5.68. The standard InChI is InChI=1S/C15H31N3O2S/c1-3-18(15(13-16)9-7-14(2)8-10-15)21(19,20)17-11-5-4-6-12-17/h14H,3-13,16H2,1-2H3. The van der Waals surface area contributed by atoms with Gasteiger partial charge >= 0.3 is 0 Å². The van der Waals surface area contributed by atoms with E-state index in [-0.39, 0.29) is 5.54 Å². The van der Waals surface area contributed by atoms with Crippen LogP contribution >= 0.6 is 0 Å². The molecule has 0 aromatic rings. The van der Waals surface area contributed by atoms with Crippen LogP contribution in [0.4, 0.5) is 0 Å². The fourth-order valence-electron chi connectivity index (χ4n) is 3.83. The number of likely N-dealkylation sites (N-methyl/N-ethyl adjacent to an activating group) is 1. The lowest BCUT2D eigenvalue weighted by atomic mass is 9.77. The summed E-state index contributed by atoms with van der Waals surface area (Å²) in [6.07, 6.45) is 7.02. The highest BCUT2D eigenvalue weighted by molar-refractivity contribution is 7.86. The van der Waals surface area contributed by atoms with Gasteiger partial charge in [0.05, 0.1) is 0 Å². The van der Waals surface area contributed by atoms with Crippen molar-refractivity contribution in [3.05, 3.63) is 0 Å². The first kappa shape index (κ1) is 17.2. The largest absolute Gasteiger partial charge is 0.329 e. The minimum atomic E-state index is -3.38. The molecule has 0 spiro atoms. The fourth-order valence-corrected chi connectivity index (χ4v) is 5.90. The molecule has 124 valence electrons. The van der Waals surface area contributed by atoms with Crippen molar-refractivity contribution in [2.24, 2.45) is 11.7 Å². The maximum Gasteiger partial charge on any atom is 0.282 e. The molecule has 0 amide bonds. The van der Waals surface area contributed by atoms with E-state index in [0.717, 1.165) is 44.9 Å². The minimum absolute atomic E-state index is 0.364. The first-order chi connectivity index (χ1) is 9.96. The summed E-state index contributed by atoms with van der Waals surface area (Å²) in [7, 11) is -3.38. The first-order valence-electron chi connectivity index (χ1n) is 8.44. The van der Waals surface area contributed by atoms with Crippen LogP contribution < -0.4 is 5.73 Å². The molecule has 2 fully saturated rings. The molecule has 2 aliphatic rings. The third kappa shape index (κ3) is 3.44. The summed E-state index contributed by atoms with van der Waals surface area (Å²) in [6.45, 7) is 6.46. The zero-order chi connectivity index (χ0) is 15.5. The molecule has 2 N–H and O–H groups in total. The summed E-state index contributed by atoms with van der Waals surface area (Å²) in [4.78, 5) is 0. The summed E-state index contributed by atoms with van der Waals surface area (Å²) in [5.74, 6) is 0.682. The normalized spacial score (nSPS) is 32.5. The van der Waals surface area contributed by atoms with E-state index in [0.29, 0.717) is 32.1 Å². The average Bonchev–Trinajstić information content (AvgIpc) is 2.51. The van der Waals surface area contributed by atoms with Crippen LogP contribution in [0.3, 0.4) is 0 Å². The lowest BCUT2D eigenvalue weighted by Crippen LogP contribution is -2.61. The molecule has 0 aromatic carbocycles. The molecule has 1 aliphatic heterocycles. The predicted molar refractivity (Wildman–Crippen MR) is 86.1 cm³/mol. The second kappa shape index (κ2) is 6.94. The second-order valence-corrected chi connectivity index (χ2v) is 8.60. The quantitative estimate of drug-likeness (QED) is 0.843. The lowest BCUT2D eigenvalue weighted by Gasteiger charge is -2.47. The van der Waals surface area contributed by atoms with Crippen molar-refractivity contribution < 1.29 is 8.42 Å². The van der Waals surface area contributed by atoms with E-state index >= 15 is 0 Å². The van der Waals surface area contributed by atoms with Gasteiger partial charge in [-0.2, -0.15) is 17.0 Å². The molecular weight excluding hydrogens is 286 g/mol. The number of hydrogen-bond donors (Lipinski definition) is 1. The highest BCUT2D eigenvalue weighted by Crippen LogP contribution is 2.38. The molecule has 21 heavy (non-hydrogen) atoms. The van der Waals surface area contributed by atoms with Crippen LogP contribution in [0.15, 0.2) is 0 Å². The van der Waals surface area contributed by atoms with Crippen molar-refractivity contribution in [2.75, 3.05) is 26.2 Å². The maximum atomic E-state index is 13.1. The Morgan fingerprint density at radius 1 is 1.19 bits per heavy atom. The third-order valence-electron chi connectivity index (χ3n) is 5.32. The molecule has 0 radical (unpaired) electrons. The molecule has 1 heterocycles. The molecule has 0 bridgehead atoms. The minimum Gasteiger partial charge on any atom is -0.329 e. The van der Waals surface area contributed by atoms with Gasteiger partial charge in [-0.25, -0.2) is 0 Å². The van der Waals surface area contributed by atoms with E-state index in [1.807, 2.05) is 6.92 Å². The number of rotatable bonds is 5. The number of hydrogen-bond acceptors (Lipinski definition) is 3. The lowest BCUT2D eigenvalue weighted by molar-refractivity contribution is 0.111. The van der Waals surface area contributed by atoms with Crippen molar-refractivity contribution in [3.8, 4) is 0 Å². The van der Waals surface area contributed by atoms with Gasteiger partial charge in [-0.3, -0.25) is 0 Å². The Morgan fingerprint density at radius 2 is 1.76 bits per heavy atom. The molecule has 0 atom stereocenters. The van der Waals surface area contributed by atoms with Crippen molar-refractivity contribution in [1.29, 1.82) is 0 Å². The van der Waals surface area contributed by atoms with Crippen LogP contribution in [-0.2, 0) is 10.2 Å². The topological polar surface area (TPSA) is 66.6 Å². The molecule has 2 rings (SSSR count). The summed E-state index contributed by atoms with van der Waals surface area (Å²) in [6, 6.07) is 0. The summed E-state index contributed by atoms with van der Waals surface area (Å²) >= 11 is 0. The Labute approximate surface area is 130 Å².